The van der Waals surface area contributed by atoms with Gasteiger partial charge in [0.1, 0.15) is 48.8 Å². The van der Waals surface area contributed by atoms with Gasteiger partial charge in [0.2, 0.25) is 5.91 Å². The average molecular weight is 1190 g/mol. The number of allylic oxidation sites excluding steroid dienone is 7. The molecule has 2 heterocycles. The maximum absolute atomic E-state index is 13.3. The van der Waals surface area contributed by atoms with Crippen molar-refractivity contribution in [3.05, 3.63) is 48.6 Å². The van der Waals surface area contributed by atoms with Gasteiger partial charge < -0.3 is 65.1 Å². The van der Waals surface area contributed by atoms with Gasteiger partial charge in [-0.1, -0.05) is 274 Å². The summed E-state index contributed by atoms with van der Waals surface area (Å²) in [5.41, 5.74) is 0. The van der Waals surface area contributed by atoms with Gasteiger partial charge in [0.05, 0.1) is 32.0 Å². The molecule has 0 bridgehead atoms. The summed E-state index contributed by atoms with van der Waals surface area (Å²) < 4.78 is 22.8. The Morgan fingerprint density at radius 2 is 0.798 bits per heavy atom. The van der Waals surface area contributed by atoms with Crippen molar-refractivity contribution in [2.24, 2.45) is 0 Å². The van der Waals surface area contributed by atoms with E-state index in [-0.39, 0.29) is 18.9 Å². The Balaban J connectivity index is 1.69. The van der Waals surface area contributed by atoms with Crippen LogP contribution >= 0.6 is 0 Å². The molecule has 84 heavy (non-hydrogen) atoms. The molecule has 12 atom stereocenters. The number of nitrogens with one attached hydrogen (secondary N) is 1. The first-order valence-electron chi connectivity index (χ1n) is 34.9. The van der Waals surface area contributed by atoms with E-state index in [1.54, 1.807) is 6.08 Å². The van der Waals surface area contributed by atoms with Gasteiger partial charge in [-0.15, -0.1) is 0 Å². The van der Waals surface area contributed by atoms with Crippen LogP contribution in [-0.4, -0.2) is 140 Å². The van der Waals surface area contributed by atoms with E-state index in [4.69, 9.17) is 18.9 Å². The number of hydrogen-bond donors (Lipinski definition) is 9. The predicted molar refractivity (Wildman–Crippen MR) is 341 cm³/mol. The molecule has 1 amide bonds. The summed E-state index contributed by atoms with van der Waals surface area (Å²) in [5.74, 6) is -0.252. The second-order valence-electron chi connectivity index (χ2n) is 24.6. The summed E-state index contributed by atoms with van der Waals surface area (Å²) in [5, 5.41) is 87.3. The topological polar surface area (TPSA) is 228 Å². The molecule has 14 heteroatoms. The molecule has 2 fully saturated rings. The Kier molecular flexibility index (Phi) is 51.1. The van der Waals surface area contributed by atoms with E-state index >= 15 is 0 Å². The van der Waals surface area contributed by atoms with Gasteiger partial charge in [-0.25, -0.2) is 0 Å². The first-order chi connectivity index (χ1) is 41.1. The van der Waals surface area contributed by atoms with Gasteiger partial charge in [0.15, 0.2) is 12.6 Å². The molecule has 0 saturated carbocycles. The third-order valence-electron chi connectivity index (χ3n) is 17.0. The van der Waals surface area contributed by atoms with Crippen LogP contribution in [0.5, 0.6) is 0 Å². The standard InChI is InChI=1S/C70H129NO13/c1-3-5-7-9-11-13-15-17-19-21-23-24-25-26-27-28-29-30-31-32-33-34-36-37-39-41-43-45-47-49-51-53-59(74)58(71-62(75)54-52-50-48-46-44-42-40-38-35-22-20-18-16-14-12-10-8-6-4-2)57-81-69-67(80)65(78)68(61(56-73)83-69)84-70-66(79)64(77)63(76)60(55-72)82-70/h12,14,18,20,43,45,51,53,58-61,63-70,72-74,76-80H,3-11,13,15-17,19,21-42,44,46-50,52,54-57H2,1-2H3,(H,71,75)/b14-12-,20-18-,45-43+,53-51+. The molecule has 0 aliphatic carbocycles. The van der Waals surface area contributed by atoms with Crippen molar-refractivity contribution in [2.75, 3.05) is 19.8 Å². The van der Waals surface area contributed by atoms with Gasteiger partial charge in [-0.2, -0.15) is 0 Å². The number of ether oxygens (including phenoxy) is 4. The molecule has 2 saturated heterocycles. The maximum Gasteiger partial charge on any atom is 0.220 e. The van der Waals surface area contributed by atoms with E-state index in [9.17, 15) is 45.6 Å². The van der Waals surface area contributed by atoms with Crippen molar-refractivity contribution in [1.82, 2.24) is 5.32 Å². The van der Waals surface area contributed by atoms with Gasteiger partial charge in [0.25, 0.3) is 0 Å². The summed E-state index contributed by atoms with van der Waals surface area (Å²) >= 11 is 0. The maximum atomic E-state index is 13.3. The molecule has 492 valence electrons. The first kappa shape index (κ1) is 78.0. The van der Waals surface area contributed by atoms with E-state index in [1.165, 1.54) is 218 Å². The fraction of sp³-hybridized carbons (Fsp3) is 0.871. The lowest BCUT2D eigenvalue weighted by molar-refractivity contribution is -0.359. The second-order valence-corrected chi connectivity index (χ2v) is 24.6. The molecule has 0 aromatic rings. The van der Waals surface area contributed by atoms with Crippen LogP contribution in [0.25, 0.3) is 0 Å². The third kappa shape index (κ3) is 39.1. The zero-order chi connectivity index (χ0) is 60.9. The summed E-state index contributed by atoms with van der Waals surface area (Å²) in [4.78, 5) is 13.3. The van der Waals surface area contributed by atoms with Gasteiger partial charge in [-0.3, -0.25) is 4.79 Å². The van der Waals surface area contributed by atoms with Gasteiger partial charge >= 0.3 is 0 Å². The van der Waals surface area contributed by atoms with Crippen LogP contribution in [0.2, 0.25) is 0 Å². The van der Waals surface area contributed by atoms with Crippen LogP contribution in [0.4, 0.5) is 0 Å². The number of carbonyl (C=O) groups excluding carboxylic acids is 1. The molecule has 0 spiro atoms. The highest BCUT2D eigenvalue weighted by Gasteiger charge is 2.51. The Morgan fingerprint density at radius 3 is 1.26 bits per heavy atom. The van der Waals surface area contributed by atoms with Crippen LogP contribution in [0, 0.1) is 0 Å². The quantitative estimate of drug-likeness (QED) is 0.0204. The number of aliphatic hydroxyl groups excluding tert-OH is 8. The van der Waals surface area contributed by atoms with Crippen LogP contribution in [0.15, 0.2) is 48.6 Å². The minimum absolute atomic E-state index is 0.252. The molecule has 9 N–H and O–H groups in total. The lowest BCUT2D eigenvalue weighted by Gasteiger charge is -2.46. The van der Waals surface area contributed by atoms with E-state index in [1.807, 2.05) is 6.08 Å². The Labute approximate surface area is 512 Å². The van der Waals surface area contributed by atoms with E-state index in [0.29, 0.717) is 12.8 Å². The molecule has 2 aliphatic heterocycles. The number of amides is 1. The molecule has 0 aromatic carbocycles. The first-order valence-corrected chi connectivity index (χ1v) is 34.9. The highest BCUT2D eigenvalue weighted by atomic mass is 16.7. The summed E-state index contributed by atoms with van der Waals surface area (Å²) in [7, 11) is 0. The van der Waals surface area contributed by atoms with Gasteiger partial charge in [0, 0.05) is 6.42 Å². The molecule has 0 aromatic heterocycles. The summed E-state index contributed by atoms with van der Waals surface area (Å²) in [6.07, 6.45) is 54.6. The van der Waals surface area contributed by atoms with Crippen LogP contribution in [-0.2, 0) is 23.7 Å². The number of hydrogen-bond acceptors (Lipinski definition) is 13. The van der Waals surface area contributed by atoms with Crippen molar-refractivity contribution in [2.45, 2.75) is 370 Å². The fourth-order valence-electron chi connectivity index (χ4n) is 11.4. The Hall–Kier alpha value is -2.05. The van der Waals surface area contributed by atoms with Crippen molar-refractivity contribution in [1.29, 1.82) is 0 Å². The smallest absolute Gasteiger partial charge is 0.220 e. The zero-order valence-electron chi connectivity index (χ0n) is 53.4. The lowest BCUT2D eigenvalue weighted by atomic mass is 9.97. The number of carbonyl (C=O) groups is 1. The molecule has 2 aliphatic rings. The third-order valence-corrected chi connectivity index (χ3v) is 17.0. The molecule has 12 unspecified atom stereocenters. The highest BCUT2D eigenvalue weighted by molar-refractivity contribution is 5.76. The molecule has 2 rings (SSSR count). The van der Waals surface area contributed by atoms with E-state index in [0.717, 1.165) is 44.9 Å². The van der Waals surface area contributed by atoms with Crippen molar-refractivity contribution >= 4 is 5.91 Å². The molecule has 14 nitrogen and oxygen atoms in total. The normalized spacial score (nSPS) is 23.9. The minimum Gasteiger partial charge on any atom is -0.394 e. The van der Waals surface area contributed by atoms with Gasteiger partial charge in [-0.05, 0) is 64.2 Å². The summed E-state index contributed by atoms with van der Waals surface area (Å²) in [6, 6.07) is -0.936. The lowest BCUT2D eigenvalue weighted by Crippen LogP contribution is -2.65. The highest BCUT2D eigenvalue weighted by Crippen LogP contribution is 2.30. The fourth-order valence-corrected chi connectivity index (χ4v) is 11.4. The molecule has 0 radical (unpaired) electrons. The average Bonchev–Trinajstić information content (AvgIpc) is 3.62. The van der Waals surface area contributed by atoms with Crippen LogP contribution < -0.4 is 5.32 Å². The Bertz CT molecular complexity index is 1590. The predicted octanol–water partition coefficient (Wildman–Crippen LogP) is 13.9. The van der Waals surface area contributed by atoms with Crippen molar-refractivity contribution in [3.8, 4) is 0 Å². The minimum atomic E-state index is -1.79. The Morgan fingerprint density at radius 1 is 0.429 bits per heavy atom. The van der Waals surface area contributed by atoms with Crippen LogP contribution in [0.3, 0.4) is 0 Å². The number of unbranched alkanes of at least 4 members (excludes halogenated alkanes) is 38. The number of rotatable bonds is 57. The van der Waals surface area contributed by atoms with E-state index in [2.05, 4.69) is 55.6 Å². The SMILES string of the molecule is CCCCC/C=C\C/C=C\CCCCCCCCCCCC(=O)NC(COC1OC(CO)C(OC2OC(CO)C(O)C(O)C2O)C(O)C1O)C(O)/C=C/CC/C=C/CCCCCCCCCCCCCCCCCCCCCCCCCCC. The van der Waals surface area contributed by atoms with Crippen molar-refractivity contribution < 1.29 is 64.6 Å². The van der Waals surface area contributed by atoms with Crippen molar-refractivity contribution in [3.63, 3.8) is 0 Å². The zero-order valence-corrected chi connectivity index (χ0v) is 53.4. The second kappa shape index (κ2) is 55.1. The number of aliphatic hydroxyl groups is 8. The monoisotopic (exact) mass is 1190 g/mol. The molecular weight excluding hydrogens is 1060 g/mol. The van der Waals surface area contributed by atoms with Crippen LogP contribution in [0.1, 0.15) is 296 Å². The molecular formula is C70H129NO13. The summed E-state index contributed by atoms with van der Waals surface area (Å²) in [6.45, 7) is 2.79. The van der Waals surface area contributed by atoms with E-state index < -0.39 is 86.8 Å². The largest absolute Gasteiger partial charge is 0.394 e.